The molecule has 2 N–H and O–H groups in total. The molecule has 0 saturated carbocycles. The van der Waals surface area contributed by atoms with Gasteiger partial charge in [-0.3, -0.25) is 4.79 Å². The van der Waals surface area contributed by atoms with Crippen LogP contribution >= 0.6 is 0 Å². The van der Waals surface area contributed by atoms with Gasteiger partial charge in [-0.2, -0.15) is 0 Å². The van der Waals surface area contributed by atoms with E-state index >= 15 is 0 Å². The van der Waals surface area contributed by atoms with Crippen molar-refractivity contribution in [2.45, 2.75) is 33.7 Å². The molecule has 0 aliphatic heterocycles. The van der Waals surface area contributed by atoms with Crippen molar-refractivity contribution in [1.29, 1.82) is 0 Å². The quantitative estimate of drug-likeness (QED) is 0.175. The van der Waals surface area contributed by atoms with Gasteiger partial charge in [0.2, 0.25) is 5.91 Å². The zero-order chi connectivity index (χ0) is 24.4. The molecule has 0 heterocycles. The van der Waals surface area contributed by atoms with Crippen molar-refractivity contribution in [3.8, 4) is 0 Å². The summed E-state index contributed by atoms with van der Waals surface area (Å²) in [4.78, 5) is 11.3. The highest BCUT2D eigenvalue weighted by atomic mass is 16.6. The Labute approximate surface area is 200 Å². The Kier molecular flexibility index (Phi) is 25.1. The van der Waals surface area contributed by atoms with Crippen molar-refractivity contribution in [3.63, 3.8) is 0 Å². The first kappa shape index (κ1) is 32.1. The molecule has 0 rings (SSSR count). The highest BCUT2D eigenvalue weighted by Crippen LogP contribution is 1.89. The number of nitrogens with one attached hydrogen (secondary N) is 2. The predicted molar refractivity (Wildman–Crippen MR) is 127 cm³/mol. The molecule has 10 nitrogen and oxygen atoms in total. The standard InChI is InChI=1S/C23H48N2O8/c1-21(2)23(26)25-6-8-28-10-12-30-14-16-32-18-20-33-19-17-31-15-13-29-11-9-27-7-5-24-22(3)4/h21-22,24H,5-20H2,1-4H3,(H,25,26). The highest BCUT2D eigenvalue weighted by Gasteiger charge is 2.04. The van der Waals surface area contributed by atoms with Crippen LogP contribution in [0.3, 0.4) is 0 Å². The number of carbonyl (C=O) groups excluding carboxylic acids is 1. The van der Waals surface area contributed by atoms with Crippen LogP contribution in [0.25, 0.3) is 0 Å². The predicted octanol–water partition coefficient (Wildman–Crippen LogP) is 0.873. The summed E-state index contributed by atoms with van der Waals surface area (Å²) in [5.41, 5.74) is 0. The lowest BCUT2D eigenvalue weighted by Gasteiger charge is -2.09. The molecule has 0 aromatic rings. The normalized spacial score (nSPS) is 11.6. The molecule has 10 heteroatoms. The Balaban J connectivity index is 3.06. The Hall–Kier alpha value is -0.850. The Morgan fingerprint density at radius 2 is 0.818 bits per heavy atom. The molecule has 0 aliphatic carbocycles. The van der Waals surface area contributed by atoms with Crippen molar-refractivity contribution in [2.24, 2.45) is 5.92 Å². The van der Waals surface area contributed by atoms with Gasteiger partial charge in [-0.15, -0.1) is 0 Å². The molecule has 0 saturated heterocycles. The molecule has 33 heavy (non-hydrogen) atoms. The summed E-state index contributed by atoms with van der Waals surface area (Å²) in [7, 11) is 0. The molecule has 0 aromatic carbocycles. The van der Waals surface area contributed by atoms with Crippen molar-refractivity contribution < 1.29 is 38.0 Å². The van der Waals surface area contributed by atoms with E-state index in [1.54, 1.807) is 0 Å². The van der Waals surface area contributed by atoms with Crippen molar-refractivity contribution in [1.82, 2.24) is 10.6 Å². The summed E-state index contributed by atoms with van der Waals surface area (Å²) in [5.74, 6) is 0.0342. The van der Waals surface area contributed by atoms with Crippen molar-refractivity contribution >= 4 is 5.91 Å². The minimum Gasteiger partial charge on any atom is -0.378 e. The maximum Gasteiger partial charge on any atom is 0.222 e. The fourth-order valence-electron chi connectivity index (χ4n) is 2.29. The number of amides is 1. The van der Waals surface area contributed by atoms with Gasteiger partial charge >= 0.3 is 0 Å². The van der Waals surface area contributed by atoms with E-state index in [1.165, 1.54) is 0 Å². The van der Waals surface area contributed by atoms with E-state index in [-0.39, 0.29) is 11.8 Å². The summed E-state index contributed by atoms with van der Waals surface area (Å²) in [6.45, 7) is 16.9. The van der Waals surface area contributed by atoms with E-state index in [0.717, 1.165) is 6.54 Å². The molecule has 1 amide bonds. The Morgan fingerprint density at radius 1 is 0.515 bits per heavy atom. The van der Waals surface area contributed by atoms with Crippen molar-refractivity contribution in [3.05, 3.63) is 0 Å². The monoisotopic (exact) mass is 480 g/mol. The minimum atomic E-state index is -0.00400. The lowest BCUT2D eigenvalue weighted by Crippen LogP contribution is -2.31. The zero-order valence-electron chi connectivity index (χ0n) is 21.2. The molecular formula is C23H48N2O8. The van der Waals surface area contributed by atoms with E-state index in [9.17, 15) is 4.79 Å². The third-order valence-corrected chi connectivity index (χ3v) is 4.10. The molecule has 0 bridgehead atoms. The van der Waals surface area contributed by atoms with E-state index in [2.05, 4.69) is 24.5 Å². The van der Waals surface area contributed by atoms with Gasteiger partial charge in [0.15, 0.2) is 0 Å². The summed E-state index contributed by atoms with van der Waals surface area (Å²) in [6.07, 6.45) is 0. The first-order valence-electron chi connectivity index (χ1n) is 12.1. The summed E-state index contributed by atoms with van der Waals surface area (Å²) in [5, 5.41) is 6.08. The number of ether oxygens (including phenoxy) is 7. The van der Waals surface area contributed by atoms with Crippen LogP contribution in [0.5, 0.6) is 0 Å². The first-order chi connectivity index (χ1) is 16.0. The number of hydrogen-bond donors (Lipinski definition) is 2. The van der Waals surface area contributed by atoms with Gasteiger partial charge < -0.3 is 43.8 Å². The second kappa shape index (κ2) is 25.8. The van der Waals surface area contributed by atoms with Crippen LogP contribution < -0.4 is 10.6 Å². The smallest absolute Gasteiger partial charge is 0.222 e. The van der Waals surface area contributed by atoms with Crippen LogP contribution in [-0.4, -0.2) is 118 Å². The molecule has 198 valence electrons. The first-order valence-corrected chi connectivity index (χ1v) is 12.1. The van der Waals surface area contributed by atoms with E-state index in [1.807, 2.05) is 13.8 Å². The topological polar surface area (TPSA) is 106 Å². The second-order valence-corrected chi connectivity index (χ2v) is 7.84. The molecule has 0 aliphatic rings. The van der Waals surface area contributed by atoms with E-state index in [4.69, 9.17) is 33.2 Å². The largest absolute Gasteiger partial charge is 0.378 e. The van der Waals surface area contributed by atoms with Crippen LogP contribution in [0.1, 0.15) is 27.7 Å². The Bertz CT molecular complexity index is 414. The molecular weight excluding hydrogens is 432 g/mol. The van der Waals surface area contributed by atoms with Gasteiger partial charge in [-0.05, 0) is 0 Å². The summed E-state index contributed by atoms with van der Waals surface area (Å²) >= 11 is 0. The molecule has 0 spiro atoms. The molecule has 0 unspecified atom stereocenters. The zero-order valence-corrected chi connectivity index (χ0v) is 21.2. The van der Waals surface area contributed by atoms with Gasteiger partial charge in [0.25, 0.3) is 0 Å². The van der Waals surface area contributed by atoms with Crippen molar-refractivity contribution in [2.75, 3.05) is 106 Å². The SMILES string of the molecule is CC(C)NCCOCCOCCOCCOCCOCCOCCOCCNC(=O)C(C)C. The van der Waals surface area contributed by atoms with Crippen LogP contribution in [0.4, 0.5) is 0 Å². The fraction of sp³-hybridized carbons (Fsp3) is 0.957. The van der Waals surface area contributed by atoms with E-state index in [0.29, 0.717) is 105 Å². The third-order valence-electron chi connectivity index (χ3n) is 4.10. The molecule has 0 fully saturated rings. The fourth-order valence-corrected chi connectivity index (χ4v) is 2.29. The van der Waals surface area contributed by atoms with Crippen LogP contribution in [-0.2, 0) is 38.0 Å². The lowest BCUT2D eigenvalue weighted by molar-refractivity contribution is -0.124. The lowest BCUT2D eigenvalue weighted by atomic mass is 10.2. The number of carbonyl (C=O) groups is 1. The summed E-state index contributed by atoms with van der Waals surface area (Å²) in [6, 6.07) is 0.484. The van der Waals surface area contributed by atoms with Crippen LogP contribution in [0.15, 0.2) is 0 Å². The summed E-state index contributed by atoms with van der Waals surface area (Å²) < 4.78 is 38.0. The van der Waals surface area contributed by atoms with Gasteiger partial charge in [-0.25, -0.2) is 0 Å². The van der Waals surface area contributed by atoms with Gasteiger partial charge in [0.05, 0.1) is 92.5 Å². The Morgan fingerprint density at radius 3 is 1.12 bits per heavy atom. The maximum absolute atomic E-state index is 11.3. The highest BCUT2D eigenvalue weighted by molar-refractivity contribution is 5.77. The van der Waals surface area contributed by atoms with Gasteiger partial charge in [0.1, 0.15) is 0 Å². The molecule has 0 atom stereocenters. The average molecular weight is 481 g/mol. The molecule has 0 aromatic heterocycles. The number of hydrogen-bond acceptors (Lipinski definition) is 9. The van der Waals surface area contributed by atoms with Crippen LogP contribution in [0.2, 0.25) is 0 Å². The van der Waals surface area contributed by atoms with Crippen LogP contribution in [0, 0.1) is 5.92 Å². The minimum absolute atomic E-state index is 0.00400. The third kappa shape index (κ3) is 27.3. The van der Waals surface area contributed by atoms with Gasteiger partial charge in [-0.1, -0.05) is 27.7 Å². The van der Waals surface area contributed by atoms with E-state index < -0.39 is 0 Å². The average Bonchev–Trinajstić information content (AvgIpc) is 2.78. The number of rotatable bonds is 26. The van der Waals surface area contributed by atoms with Gasteiger partial charge in [0, 0.05) is 25.0 Å². The second-order valence-electron chi connectivity index (χ2n) is 7.84. The maximum atomic E-state index is 11.3. The molecule has 0 radical (unpaired) electrons.